The van der Waals surface area contributed by atoms with Gasteiger partial charge < -0.3 is 4.98 Å². The molecule has 0 spiro atoms. The third kappa shape index (κ3) is 2.79. The van der Waals surface area contributed by atoms with Gasteiger partial charge in [-0.25, -0.2) is 0 Å². The van der Waals surface area contributed by atoms with Crippen LogP contribution in [0.3, 0.4) is 0 Å². The normalized spacial score (nSPS) is 23.9. The van der Waals surface area contributed by atoms with Crippen LogP contribution in [0.15, 0.2) is 47.3 Å². The van der Waals surface area contributed by atoms with E-state index in [1.165, 1.54) is 19.3 Å². The van der Waals surface area contributed by atoms with Crippen molar-refractivity contribution in [1.82, 2.24) is 14.8 Å². The van der Waals surface area contributed by atoms with E-state index in [0.717, 1.165) is 55.1 Å². The predicted octanol–water partition coefficient (Wildman–Crippen LogP) is 3.29. The van der Waals surface area contributed by atoms with Crippen molar-refractivity contribution in [3.63, 3.8) is 0 Å². The molecular formula is C19H23N3O. The van der Waals surface area contributed by atoms with Crippen LogP contribution in [-0.2, 0) is 4.79 Å². The zero-order valence-corrected chi connectivity index (χ0v) is 13.4. The molecule has 2 saturated heterocycles. The van der Waals surface area contributed by atoms with Gasteiger partial charge in [-0.1, -0.05) is 18.6 Å². The number of aromatic nitrogens is 1. The summed E-state index contributed by atoms with van der Waals surface area (Å²) >= 11 is 0. The quantitative estimate of drug-likeness (QED) is 0.870. The minimum Gasteiger partial charge on any atom is -0.362 e. The van der Waals surface area contributed by atoms with Gasteiger partial charge >= 0.3 is 0 Å². The number of rotatable bonds is 3. The van der Waals surface area contributed by atoms with Crippen LogP contribution in [0.5, 0.6) is 0 Å². The second kappa shape index (κ2) is 6.20. The van der Waals surface area contributed by atoms with Crippen LogP contribution in [0.4, 0.5) is 0 Å². The van der Waals surface area contributed by atoms with Crippen molar-refractivity contribution in [1.29, 1.82) is 0 Å². The molecular weight excluding hydrogens is 286 g/mol. The Morgan fingerprint density at radius 3 is 2.74 bits per heavy atom. The van der Waals surface area contributed by atoms with E-state index >= 15 is 0 Å². The Morgan fingerprint density at radius 2 is 1.96 bits per heavy atom. The monoisotopic (exact) mass is 309 g/mol. The summed E-state index contributed by atoms with van der Waals surface area (Å²) in [6.45, 7) is 2.93. The molecule has 120 valence electrons. The van der Waals surface area contributed by atoms with Crippen molar-refractivity contribution in [2.75, 3.05) is 19.8 Å². The van der Waals surface area contributed by atoms with E-state index in [0.29, 0.717) is 0 Å². The molecule has 2 aliphatic heterocycles. The van der Waals surface area contributed by atoms with Crippen LogP contribution in [0.25, 0.3) is 6.08 Å². The second-order valence-corrected chi connectivity index (χ2v) is 6.52. The summed E-state index contributed by atoms with van der Waals surface area (Å²) in [5.41, 5.74) is 4.05. The first kappa shape index (κ1) is 14.5. The number of nitrogens with one attached hydrogen (secondary N) is 1. The summed E-state index contributed by atoms with van der Waals surface area (Å²) < 4.78 is 0. The van der Waals surface area contributed by atoms with Crippen molar-refractivity contribution in [3.8, 4) is 0 Å². The molecule has 4 nitrogen and oxygen atoms in total. The highest BCUT2D eigenvalue weighted by molar-refractivity contribution is 6.08. The number of fused-ring (bicyclic) bond motifs is 1. The number of amides is 1. The van der Waals surface area contributed by atoms with E-state index < -0.39 is 0 Å². The molecule has 1 amide bonds. The Morgan fingerprint density at radius 1 is 1.13 bits per heavy atom. The first-order valence-electron chi connectivity index (χ1n) is 8.63. The third-order valence-corrected chi connectivity index (χ3v) is 4.90. The molecule has 0 aromatic carbocycles. The van der Waals surface area contributed by atoms with Crippen LogP contribution in [0, 0.1) is 0 Å². The number of piperidine rings is 1. The summed E-state index contributed by atoms with van der Waals surface area (Å²) in [6, 6.07) is 3.96. The van der Waals surface area contributed by atoms with Crippen LogP contribution >= 0.6 is 0 Å². The Hall–Kier alpha value is -2.07. The topological polar surface area (TPSA) is 39.3 Å². The predicted molar refractivity (Wildman–Crippen MR) is 91.3 cm³/mol. The first-order valence-corrected chi connectivity index (χ1v) is 8.63. The van der Waals surface area contributed by atoms with Gasteiger partial charge in [-0.2, -0.15) is 0 Å². The Balaban J connectivity index is 1.63. The van der Waals surface area contributed by atoms with Gasteiger partial charge in [0, 0.05) is 23.2 Å². The molecule has 23 heavy (non-hydrogen) atoms. The van der Waals surface area contributed by atoms with Gasteiger partial charge in [0.1, 0.15) is 0 Å². The van der Waals surface area contributed by atoms with E-state index in [1.807, 2.05) is 29.3 Å². The van der Waals surface area contributed by atoms with Gasteiger partial charge in [0.25, 0.3) is 5.91 Å². The van der Waals surface area contributed by atoms with Crippen molar-refractivity contribution >= 4 is 12.0 Å². The molecule has 1 aromatic rings. The number of nitrogens with zero attached hydrogens (tertiary/aromatic N) is 2. The number of hydrogen-bond donors (Lipinski definition) is 1. The molecule has 0 bridgehead atoms. The maximum Gasteiger partial charge on any atom is 0.260 e. The van der Waals surface area contributed by atoms with Gasteiger partial charge in [0.05, 0.1) is 12.2 Å². The SMILES string of the molecule is O=C1/C(=C\c2ccc[nH]2)C2=CCCC=C2N1CN1CCCCC1. The fourth-order valence-corrected chi connectivity index (χ4v) is 3.71. The van der Waals surface area contributed by atoms with E-state index in [1.54, 1.807) is 0 Å². The summed E-state index contributed by atoms with van der Waals surface area (Å²) in [5.74, 6) is 0.143. The van der Waals surface area contributed by atoms with E-state index in [4.69, 9.17) is 0 Å². The fourth-order valence-electron chi connectivity index (χ4n) is 3.71. The maximum absolute atomic E-state index is 13.0. The molecule has 4 rings (SSSR count). The van der Waals surface area contributed by atoms with Gasteiger partial charge in [-0.3, -0.25) is 14.6 Å². The Labute approximate surface area is 137 Å². The standard InChI is InChI=1S/C19H23N3O/c23-19-17(13-15-7-6-10-20-15)16-8-2-3-9-18(16)22(19)14-21-11-4-1-5-12-21/h6-10,13,20H,1-5,11-12,14H2/b17-13-. The summed E-state index contributed by atoms with van der Waals surface area (Å²) in [7, 11) is 0. The van der Waals surface area contributed by atoms with E-state index in [9.17, 15) is 4.79 Å². The Kier molecular flexibility index (Phi) is 3.92. The largest absolute Gasteiger partial charge is 0.362 e. The number of allylic oxidation sites excluding steroid dienone is 3. The molecule has 1 N–H and O–H groups in total. The highest BCUT2D eigenvalue weighted by Crippen LogP contribution is 2.37. The highest BCUT2D eigenvalue weighted by atomic mass is 16.2. The average Bonchev–Trinajstić information content (AvgIpc) is 3.19. The molecule has 3 heterocycles. The van der Waals surface area contributed by atoms with E-state index in [-0.39, 0.29) is 5.91 Å². The second-order valence-electron chi connectivity index (χ2n) is 6.52. The first-order chi connectivity index (χ1) is 11.3. The molecule has 4 heteroatoms. The minimum absolute atomic E-state index is 0.143. The molecule has 0 atom stereocenters. The lowest BCUT2D eigenvalue weighted by Gasteiger charge is -2.31. The Bertz CT molecular complexity index is 675. The van der Waals surface area contributed by atoms with Crippen LogP contribution < -0.4 is 0 Å². The van der Waals surface area contributed by atoms with E-state index in [2.05, 4.69) is 22.0 Å². The van der Waals surface area contributed by atoms with Gasteiger partial charge in [0.15, 0.2) is 0 Å². The minimum atomic E-state index is 0.143. The van der Waals surface area contributed by atoms with Crippen molar-refractivity contribution in [3.05, 3.63) is 53.0 Å². The molecule has 1 aromatic heterocycles. The molecule has 1 aliphatic carbocycles. The summed E-state index contributed by atoms with van der Waals surface area (Å²) in [4.78, 5) is 20.6. The van der Waals surface area contributed by atoms with Crippen molar-refractivity contribution in [2.45, 2.75) is 32.1 Å². The third-order valence-electron chi connectivity index (χ3n) is 4.90. The van der Waals surface area contributed by atoms with Crippen LogP contribution in [0.2, 0.25) is 0 Å². The lowest BCUT2D eigenvalue weighted by molar-refractivity contribution is -0.125. The molecule has 0 radical (unpaired) electrons. The van der Waals surface area contributed by atoms with Gasteiger partial charge in [-0.05, 0) is 57.0 Å². The smallest absolute Gasteiger partial charge is 0.260 e. The van der Waals surface area contributed by atoms with Crippen molar-refractivity contribution < 1.29 is 4.79 Å². The molecule has 0 saturated carbocycles. The molecule has 2 fully saturated rings. The summed E-state index contributed by atoms with van der Waals surface area (Å²) in [6.07, 6.45) is 14.2. The number of H-pyrrole nitrogens is 1. The van der Waals surface area contributed by atoms with Crippen LogP contribution in [-0.4, -0.2) is 40.4 Å². The number of likely N-dealkylation sites (tertiary alicyclic amines) is 2. The zero-order valence-electron chi connectivity index (χ0n) is 13.4. The number of aromatic amines is 1. The average molecular weight is 309 g/mol. The molecule has 3 aliphatic rings. The van der Waals surface area contributed by atoms with Crippen LogP contribution in [0.1, 0.15) is 37.8 Å². The fraction of sp³-hybridized carbons (Fsp3) is 0.421. The lowest BCUT2D eigenvalue weighted by atomic mass is 9.99. The number of hydrogen-bond acceptors (Lipinski definition) is 2. The van der Waals surface area contributed by atoms with Crippen molar-refractivity contribution in [2.24, 2.45) is 0 Å². The highest BCUT2D eigenvalue weighted by Gasteiger charge is 2.36. The maximum atomic E-state index is 13.0. The number of carbonyl (C=O) groups is 1. The lowest BCUT2D eigenvalue weighted by Crippen LogP contribution is -2.40. The zero-order chi connectivity index (χ0) is 15.6. The number of carbonyl (C=O) groups excluding carboxylic acids is 1. The molecule has 0 unspecified atom stereocenters. The summed E-state index contributed by atoms with van der Waals surface area (Å²) in [5, 5.41) is 0. The van der Waals surface area contributed by atoms with Gasteiger partial charge in [0.2, 0.25) is 0 Å². The van der Waals surface area contributed by atoms with Gasteiger partial charge in [-0.15, -0.1) is 0 Å².